The van der Waals surface area contributed by atoms with Crippen LogP contribution < -0.4 is 4.74 Å². The largest absolute Gasteiger partial charge is 0.497 e. The fraction of sp³-hybridized carbons (Fsp3) is 0.0769. The average Bonchev–Trinajstić information content (AvgIpc) is 2.39. The van der Waals surface area contributed by atoms with Gasteiger partial charge in [0.05, 0.1) is 17.8 Å². The second-order valence-corrected chi connectivity index (χ2v) is 3.97. The molecule has 4 nitrogen and oxygen atoms in total. The van der Waals surface area contributed by atoms with Gasteiger partial charge in [0.25, 0.3) is 0 Å². The zero-order chi connectivity index (χ0) is 13.1. The van der Waals surface area contributed by atoms with Gasteiger partial charge in [-0.25, -0.2) is 9.78 Å². The molecule has 0 fully saturated rings. The van der Waals surface area contributed by atoms with Gasteiger partial charge in [-0.05, 0) is 36.4 Å². The Morgan fingerprint density at radius 3 is 2.44 bits per heavy atom. The average molecular weight is 264 g/mol. The van der Waals surface area contributed by atoms with Crippen molar-refractivity contribution in [2.75, 3.05) is 7.11 Å². The van der Waals surface area contributed by atoms with Crippen LogP contribution in [0.5, 0.6) is 5.75 Å². The van der Waals surface area contributed by atoms with Crippen LogP contribution in [0.4, 0.5) is 0 Å². The van der Waals surface area contributed by atoms with E-state index in [1.165, 1.54) is 12.1 Å². The topological polar surface area (TPSA) is 59.4 Å². The third-order valence-electron chi connectivity index (χ3n) is 2.43. The van der Waals surface area contributed by atoms with E-state index in [4.69, 9.17) is 21.4 Å². The van der Waals surface area contributed by atoms with Crippen LogP contribution in [-0.2, 0) is 0 Å². The highest BCUT2D eigenvalue weighted by Gasteiger charge is 2.10. The quantitative estimate of drug-likeness (QED) is 0.924. The molecule has 0 aliphatic carbocycles. The van der Waals surface area contributed by atoms with E-state index in [0.717, 1.165) is 5.56 Å². The summed E-state index contributed by atoms with van der Waals surface area (Å²) in [6.07, 6.45) is 0. The molecule has 0 spiro atoms. The number of aromatic nitrogens is 1. The Hall–Kier alpha value is -2.07. The van der Waals surface area contributed by atoms with Gasteiger partial charge >= 0.3 is 5.97 Å². The first-order valence-corrected chi connectivity index (χ1v) is 5.54. The number of carbonyl (C=O) groups is 1. The second-order valence-electron chi connectivity index (χ2n) is 3.56. The first-order chi connectivity index (χ1) is 8.61. The minimum absolute atomic E-state index is 0.0368. The highest BCUT2D eigenvalue weighted by molar-refractivity contribution is 6.33. The van der Waals surface area contributed by atoms with Crippen molar-refractivity contribution in [3.63, 3.8) is 0 Å². The van der Waals surface area contributed by atoms with Gasteiger partial charge in [0, 0.05) is 5.56 Å². The fourth-order valence-electron chi connectivity index (χ4n) is 1.51. The summed E-state index contributed by atoms with van der Waals surface area (Å²) in [5, 5.41) is 9.31. The van der Waals surface area contributed by atoms with Crippen molar-refractivity contribution in [2.24, 2.45) is 0 Å². The maximum absolute atomic E-state index is 10.9. The number of ether oxygens (including phenoxy) is 1. The van der Waals surface area contributed by atoms with Gasteiger partial charge in [-0.3, -0.25) is 0 Å². The molecule has 0 saturated heterocycles. The lowest BCUT2D eigenvalue weighted by atomic mass is 10.1. The van der Waals surface area contributed by atoms with Gasteiger partial charge in [0.1, 0.15) is 11.4 Å². The number of pyridine rings is 1. The second kappa shape index (κ2) is 5.06. The maximum Gasteiger partial charge on any atom is 0.354 e. The fourth-order valence-corrected chi connectivity index (χ4v) is 1.73. The first kappa shape index (κ1) is 12.4. The number of carboxylic acids is 1. The Morgan fingerprint density at radius 2 is 1.89 bits per heavy atom. The van der Waals surface area contributed by atoms with E-state index in [0.29, 0.717) is 16.5 Å². The van der Waals surface area contributed by atoms with E-state index < -0.39 is 5.97 Å². The van der Waals surface area contributed by atoms with Crippen LogP contribution in [0.25, 0.3) is 11.3 Å². The Labute approximate surface area is 109 Å². The number of benzene rings is 1. The molecule has 0 saturated carbocycles. The molecule has 92 valence electrons. The number of hydrogen-bond donors (Lipinski definition) is 1. The molecule has 0 unspecified atom stereocenters. The number of methoxy groups -OCH3 is 1. The van der Waals surface area contributed by atoms with Crippen molar-refractivity contribution in [1.29, 1.82) is 0 Å². The molecular weight excluding hydrogens is 254 g/mol. The highest BCUT2D eigenvalue weighted by atomic mass is 35.5. The van der Waals surface area contributed by atoms with Crippen molar-refractivity contribution in [1.82, 2.24) is 4.98 Å². The highest BCUT2D eigenvalue weighted by Crippen LogP contribution is 2.27. The van der Waals surface area contributed by atoms with Crippen LogP contribution in [0.2, 0.25) is 5.02 Å². The zero-order valence-corrected chi connectivity index (χ0v) is 10.3. The van der Waals surface area contributed by atoms with E-state index in [-0.39, 0.29) is 5.69 Å². The summed E-state index contributed by atoms with van der Waals surface area (Å²) in [6.45, 7) is 0. The summed E-state index contributed by atoms with van der Waals surface area (Å²) in [7, 11) is 1.57. The van der Waals surface area contributed by atoms with Crippen molar-refractivity contribution in [2.45, 2.75) is 0 Å². The van der Waals surface area contributed by atoms with Crippen molar-refractivity contribution >= 4 is 17.6 Å². The van der Waals surface area contributed by atoms with E-state index in [1.54, 1.807) is 31.4 Å². The van der Waals surface area contributed by atoms with E-state index in [9.17, 15) is 4.79 Å². The van der Waals surface area contributed by atoms with Gasteiger partial charge in [-0.2, -0.15) is 0 Å². The number of carboxylic acid groups (broad SMARTS) is 1. The Balaban J connectivity index is 2.48. The van der Waals surface area contributed by atoms with Crippen LogP contribution in [0.1, 0.15) is 10.5 Å². The van der Waals surface area contributed by atoms with Gasteiger partial charge < -0.3 is 9.84 Å². The first-order valence-electron chi connectivity index (χ1n) is 5.16. The number of rotatable bonds is 3. The molecule has 2 aromatic rings. The predicted octanol–water partition coefficient (Wildman–Crippen LogP) is 3.11. The Bertz CT molecular complexity index is 581. The lowest BCUT2D eigenvalue weighted by molar-refractivity contribution is 0.0690. The van der Waals surface area contributed by atoms with Crippen LogP contribution in [0.15, 0.2) is 36.4 Å². The van der Waals surface area contributed by atoms with Crippen LogP contribution in [0.3, 0.4) is 0 Å². The number of halogens is 1. The zero-order valence-electron chi connectivity index (χ0n) is 9.55. The molecule has 0 atom stereocenters. The van der Waals surface area contributed by atoms with E-state index in [1.807, 2.05) is 0 Å². The van der Waals surface area contributed by atoms with Crippen molar-refractivity contribution in [3.05, 3.63) is 47.1 Å². The molecule has 0 aliphatic heterocycles. The number of aromatic carboxylic acids is 1. The molecule has 2 rings (SSSR count). The van der Waals surface area contributed by atoms with Crippen molar-refractivity contribution in [3.8, 4) is 17.0 Å². The Morgan fingerprint density at radius 1 is 1.22 bits per heavy atom. The van der Waals surface area contributed by atoms with E-state index >= 15 is 0 Å². The van der Waals surface area contributed by atoms with Crippen LogP contribution in [0, 0.1) is 0 Å². The van der Waals surface area contributed by atoms with Crippen LogP contribution in [-0.4, -0.2) is 23.2 Å². The molecule has 1 N–H and O–H groups in total. The summed E-state index contributed by atoms with van der Waals surface area (Å²) in [6, 6.07) is 9.98. The lowest BCUT2D eigenvalue weighted by Gasteiger charge is -2.06. The molecular formula is C13H10ClNO3. The summed E-state index contributed by atoms with van der Waals surface area (Å²) in [5.74, 6) is -0.370. The maximum atomic E-state index is 10.9. The molecule has 1 aromatic heterocycles. The minimum atomic E-state index is -1.08. The van der Waals surface area contributed by atoms with Gasteiger partial charge in [0.2, 0.25) is 0 Å². The van der Waals surface area contributed by atoms with Crippen molar-refractivity contribution < 1.29 is 14.6 Å². The molecule has 5 heteroatoms. The minimum Gasteiger partial charge on any atom is -0.497 e. The monoisotopic (exact) mass is 263 g/mol. The van der Waals surface area contributed by atoms with Gasteiger partial charge in [0.15, 0.2) is 0 Å². The molecule has 0 amide bonds. The smallest absolute Gasteiger partial charge is 0.354 e. The SMILES string of the molecule is COc1ccc(-c2nc(C(=O)O)ccc2Cl)cc1. The summed E-state index contributed by atoms with van der Waals surface area (Å²) < 4.78 is 5.05. The standard InChI is InChI=1S/C13H10ClNO3/c1-18-9-4-2-8(3-5-9)12-10(14)6-7-11(15-12)13(16)17/h2-7H,1H3,(H,16,17). The predicted molar refractivity (Wildman–Crippen MR) is 68.2 cm³/mol. The summed E-state index contributed by atoms with van der Waals surface area (Å²) in [4.78, 5) is 14.9. The molecule has 0 aliphatic rings. The summed E-state index contributed by atoms with van der Waals surface area (Å²) in [5.41, 5.74) is 1.15. The van der Waals surface area contributed by atoms with Crippen LogP contribution >= 0.6 is 11.6 Å². The Kier molecular flexibility index (Phi) is 3.48. The molecule has 0 bridgehead atoms. The van der Waals surface area contributed by atoms with Gasteiger partial charge in [-0.15, -0.1) is 0 Å². The van der Waals surface area contributed by atoms with E-state index in [2.05, 4.69) is 4.98 Å². The molecule has 18 heavy (non-hydrogen) atoms. The molecule has 1 heterocycles. The normalized spacial score (nSPS) is 10.1. The lowest BCUT2D eigenvalue weighted by Crippen LogP contribution is -2.01. The third kappa shape index (κ3) is 2.43. The number of hydrogen-bond acceptors (Lipinski definition) is 3. The third-order valence-corrected chi connectivity index (χ3v) is 2.73. The molecule has 1 aromatic carbocycles. The number of nitrogens with zero attached hydrogens (tertiary/aromatic N) is 1. The molecule has 0 radical (unpaired) electrons. The summed E-state index contributed by atoms with van der Waals surface area (Å²) >= 11 is 6.02. The van der Waals surface area contributed by atoms with Gasteiger partial charge in [-0.1, -0.05) is 11.6 Å².